The Morgan fingerprint density at radius 2 is 2.00 bits per heavy atom. The number of primary amides is 1. The second-order valence-electron chi connectivity index (χ2n) is 6.72. The molecule has 2 aliphatic rings. The Labute approximate surface area is 145 Å². The number of amides is 1. The third kappa shape index (κ3) is 4.47. The average Bonchev–Trinajstić information content (AvgIpc) is 2.60. The smallest absolute Gasteiger partial charge is 0.225 e. The number of anilines is 3. The molecule has 0 radical (unpaired) electrons. The summed E-state index contributed by atoms with van der Waals surface area (Å²) in [5.41, 5.74) is 11.8. The summed E-state index contributed by atoms with van der Waals surface area (Å²) in [5.74, 6) is 0.594. The molecule has 0 unspecified atom stereocenters. The standard InChI is InChI=1S/C16H25FN6O2/c17-11-8-25-6-5-13(11)22-16-20-7-12(18)15(23-16)21-10-3-1-9(2-4-10)14(19)24/h7,9-11,13H,1-6,8,18H2,(H2,19,24)(H2,20,21,22,23)/t9-,10-,11-,13+/m1/s1. The lowest BCUT2D eigenvalue weighted by Crippen LogP contribution is -2.39. The van der Waals surface area contributed by atoms with E-state index in [0.29, 0.717) is 30.5 Å². The maximum atomic E-state index is 13.9. The van der Waals surface area contributed by atoms with E-state index in [9.17, 15) is 9.18 Å². The number of aromatic nitrogens is 2. The van der Waals surface area contributed by atoms with Crippen molar-refractivity contribution in [3.63, 3.8) is 0 Å². The summed E-state index contributed by atoms with van der Waals surface area (Å²) in [7, 11) is 0. The molecule has 1 saturated heterocycles. The van der Waals surface area contributed by atoms with Crippen LogP contribution >= 0.6 is 0 Å². The van der Waals surface area contributed by atoms with E-state index in [2.05, 4.69) is 20.6 Å². The Balaban J connectivity index is 1.61. The monoisotopic (exact) mass is 352 g/mol. The second-order valence-corrected chi connectivity index (χ2v) is 6.72. The van der Waals surface area contributed by atoms with E-state index in [1.54, 1.807) is 0 Å². The quantitative estimate of drug-likeness (QED) is 0.623. The highest BCUT2D eigenvalue weighted by Gasteiger charge is 2.27. The van der Waals surface area contributed by atoms with Gasteiger partial charge in [-0.15, -0.1) is 0 Å². The molecule has 6 N–H and O–H groups in total. The first kappa shape index (κ1) is 17.7. The number of nitrogen functional groups attached to an aromatic ring is 1. The van der Waals surface area contributed by atoms with Gasteiger partial charge in [0.15, 0.2) is 5.82 Å². The van der Waals surface area contributed by atoms with E-state index in [1.807, 2.05) is 0 Å². The van der Waals surface area contributed by atoms with Gasteiger partial charge in [0.2, 0.25) is 11.9 Å². The van der Waals surface area contributed by atoms with Crippen LogP contribution in [0.15, 0.2) is 6.20 Å². The van der Waals surface area contributed by atoms with Crippen molar-refractivity contribution in [3.05, 3.63) is 6.20 Å². The first-order chi connectivity index (χ1) is 12.0. The van der Waals surface area contributed by atoms with Gasteiger partial charge in [0.1, 0.15) is 6.17 Å². The molecule has 1 saturated carbocycles. The summed E-state index contributed by atoms with van der Waals surface area (Å²) < 4.78 is 19.0. The molecule has 2 atom stereocenters. The van der Waals surface area contributed by atoms with Gasteiger partial charge in [-0.1, -0.05) is 0 Å². The van der Waals surface area contributed by atoms with Crippen LogP contribution in [0.25, 0.3) is 0 Å². The third-order valence-corrected chi connectivity index (χ3v) is 4.89. The molecule has 8 nitrogen and oxygen atoms in total. The maximum absolute atomic E-state index is 13.9. The van der Waals surface area contributed by atoms with Gasteiger partial charge in [-0.3, -0.25) is 4.79 Å². The Morgan fingerprint density at radius 1 is 1.24 bits per heavy atom. The summed E-state index contributed by atoms with van der Waals surface area (Å²) in [6.45, 7) is 0.599. The fourth-order valence-electron chi connectivity index (χ4n) is 3.32. The second kappa shape index (κ2) is 7.81. The van der Waals surface area contributed by atoms with Crippen LogP contribution in [0.4, 0.5) is 21.8 Å². The highest BCUT2D eigenvalue weighted by molar-refractivity contribution is 5.76. The predicted octanol–water partition coefficient (Wildman–Crippen LogP) is 1.05. The summed E-state index contributed by atoms with van der Waals surface area (Å²) in [4.78, 5) is 19.8. The van der Waals surface area contributed by atoms with Crippen molar-refractivity contribution < 1.29 is 13.9 Å². The van der Waals surface area contributed by atoms with E-state index in [4.69, 9.17) is 16.2 Å². The number of hydrogen-bond acceptors (Lipinski definition) is 7. The predicted molar refractivity (Wildman–Crippen MR) is 92.8 cm³/mol. The number of ether oxygens (including phenoxy) is 1. The summed E-state index contributed by atoms with van der Waals surface area (Å²) in [6, 6.07) is -0.186. The Bertz CT molecular complexity index is 608. The van der Waals surface area contributed by atoms with E-state index in [0.717, 1.165) is 25.7 Å². The molecule has 3 rings (SSSR count). The lowest BCUT2D eigenvalue weighted by Gasteiger charge is -2.29. The number of nitrogens with one attached hydrogen (secondary N) is 2. The fourth-order valence-corrected chi connectivity index (χ4v) is 3.32. The molecule has 1 aromatic heterocycles. The Hall–Kier alpha value is -2.16. The molecule has 0 aromatic carbocycles. The SMILES string of the molecule is Nc1cnc(N[C@H]2CCOC[C@H]2F)nc1N[C@H]1CC[C@H](C(N)=O)CC1. The highest BCUT2D eigenvalue weighted by atomic mass is 19.1. The van der Waals surface area contributed by atoms with Gasteiger partial charge in [-0.25, -0.2) is 9.37 Å². The molecule has 138 valence electrons. The van der Waals surface area contributed by atoms with Crippen LogP contribution in [0, 0.1) is 5.92 Å². The molecule has 2 heterocycles. The minimum atomic E-state index is -1.09. The molecule has 1 aliphatic heterocycles. The van der Waals surface area contributed by atoms with Gasteiger partial charge in [-0.2, -0.15) is 4.98 Å². The van der Waals surface area contributed by atoms with Gasteiger partial charge in [-0.05, 0) is 32.1 Å². The van der Waals surface area contributed by atoms with Crippen molar-refractivity contribution in [2.75, 3.05) is 29.6 Å². The number of halogens is 1. The van der Waals surface area contributed by atoms with Crippen LogP contribution in [0.1, 0.15) is 32.1 Å². The van der Waals surface area contributed by atoms with Crippen LogP contribution in [0.3, 0.4) is 0 Å². The molecule has 9 heteroatoms. The molecular formula is C16H25FN6O2. The molecule has 2 fully saturated rings. The average molecular weight is 352 g/mol. The van der Waals surface area contributed by atoms with Crippen LogP contribution < -0.4 is 22.1 Å². The van der Waals surface area contributed by atoms with E-state index in [-0.39, 0.29) is 30.5 Å². The van der Waals surface area contributed by atoms with Crippen molar-refractivity contribution in [3.8, 4) is 0 Å². The number of rotatable bonds is 5. The van der Waals surface area contributed by atoms with Crippen LogP contribution in [0.5, 0.6) is 0 Å². The van der Waals surface area contributed by atoms with Gasteiger partial charge in [0.05, 0.1) is 24.5 Å². The minimum absolute atomic E-state index is 0.0481. The number of nitrogens with zero attached hydrogens (tertiary/aromatic N) is 2. The normalized spacial score (nSPS) is 29.8. The van der Waals surface area contributed by atoms with Gasteiger partial charge < -0.3 is 26.8 Å². The molecule has 1 aliphatic carbocycles. The Kier molecular flexibility index (Phi) is 5.52. The van der Waals surface area contributed by atoms with E-state index >= 15 is 0 Å². The Morgan fingerprint density at radius 3 is 2.68 bits per heavy atom. The zero-order valence-electron chi connectivity index (χ0n) is 14.1. The molecule has 25 heavy (non-hydrogen) atoms. The van der Waals surface area contributed by atoms with E-state index < -0.39 is 6.17 Å². The first-order valence-corrected chi connectivity index (χ1v) is 8.69. The molecule has 1 aromatic rings. The molecule has 0 spiro atoms. The van der Waals surface area contributed by atoms with Gasteiger partial charge in [0, 0.05) is 18.6 Å². The lowest BCUT2D eigenvalue weighted by molar-refractivity contribution is -0.122. The highest BCUT2D eigenvalue weighted by Crippen LogP contribution is 2.28. The maximum Gasteiger partial charge on any atom is 0.225 e. The zero-order chi connectivity index (χ0) is 17.8. The van der Waals surface area contributed by atoms with Crippen molar-refractivity contribution in [1.82, 2.24) is 9.97 Å². The van der Waals surface area contributed by atoms with Crippen LogP contribution in [-0.2, 0) is 9.53 Å². The van der Waals surface area contributed by atoms with Gasteiger partial charge >= 0.3 is 0 Å². The molecule has 1 amide bonds. The lowest BCUT2D eigenvalue weighted by atomic mass is 9.85. The summed E-state index contributed by atoms with van der Waals surface area (Å²) in [6.07, 6.45) is 4.16. The van der Waals surface area contributed by atoms with Crippen LogP contribution in [-0.4, -0.2) is 47.3 Å². The van der Waals surface area contributed by atoms with Crippen molar-refractivity contribution in [2.45, 2.75) is 50.4 Å². The van der Waals surface area contributed by atoms with Gasteiger partial charge in [0.25, 0.3) is 0 Å². The van der Waals surface area contributed by atoms with Crippen molar-refractivity contribution in [2.24, 2.45) is 11.7 Å². The molecular weight excluding hydrogens is 327 g/mol. The number of carbonyl (C=O) groups is 1. The summed E-state index contributed by atoms with van der Waals surface area (Å²) in [5, 5.41) is 6.33. The summed E-state index contributed by atoms with van der Waals surface area (Å²) >= 11 is 0. The fraction of sp³-hybridized carbons (Fsp3) is 0.688. The largest absolute Gasteiger partial charge is 0.394 e. The van der Waals surface area contributed by atoms with Crippen molar-refractivity contribution >= 4 is 23.4 Å². The van der Waals surface area contributed by atoms with E-state index in [1.165, 1.54) is 6.20 Å². The minimum Gasteiger partial charge on any atom is -0.394 e. The number of nitrogens with two attached hydrogens (primary N) is 2. The van der Waals surface area contributed by atoms with Crippen LogP contribution in [0.2, 0.25) is 0 Å². The topological polar surface area (TPSA) is 128 Å². The first-order valence-electron chi connectivity index (χ1n) is 8.69. The van der Waals surface area contributed by atoms with Crippen molar-refractivity contribution in [1.29, 1.82) is 0 Å². The number of carbonyl (C=O) groups excluding carboxylic acids is 1. The zero-order valence-corrected chi connectivity index (χ0v) is 14.1. The number of alkyl halides is 1. The molecule has 0 bridgehead atoms. The third-order valence-electron chi connectivity index (χ3n) is 4.89. The number of hydrogen-bond donors (Lipinski definition) is 4.